The molecule has 0 aliphatic carbocycles. The van der Waals surface area contributed by atoms with Crippen LogP contribution in [0.4, 0.5) is 0 Å². The highest BCUT2D eigenvalue weighted by molar-refractivity contribution is 5.99. The standard InChI is InChI=1S/C20H20N6O4/c21-18(28)15-8-13(9-22-15)20(30)25-10-16(17(27)11-25)24-19(29)12-3-1-4-14(7-12)26-6-2-5-23-26/h1-9,16-17,22,27H,10-11H2,(H2,21,28)(H,24,29)/t16-,17-/m1/s1. The Balaban J connectivity index is 1.43. The molecule has 0 unspecified atom stereocenters. The van der Waals surface area contributed by atoms with E-state index in [2.05, 4.69) is 15.4 Å². The summed E-state index contributed by atoms with van der Waals surface area (Å²) < 4.78 is 1.64. The molecule has 1 aromatic carbocycles. The number of amides is 3. The molecule has 1 aliphatic rings. The van der Waals surface area contributed by atoms with Crippen molar-refractivity contribution < 1.29 is 19.5 Å². The van der Waals surface area contributed by atoms with E-state index in [0.29, 0.717) is 5.56 Å². The van der Waals surface area contributed by atoms with Gasteiger partial charge in [0.25, 0.3) is 17.7 Å². The summed E-state index contributed by atoms with van der Waals surface area (Å²) in [5.41, 5.74) is 6.72. The number of β-amino-alcohol motifs (C(OH)–C–C–N with tert-alkyl or cyclic N) is 1. The van der Waals surface area contributed by atoms with Gasteiger partial charge in [0, 0.05) is 37.2 Å². The Bertz CT molecular complexity index is 1090. The van der Waals surface area contributed by atoms with Crippen LogP contribution in [0.25, 0.3) is 5.69 Å². The van der Waals surface area contributed by atoms with Gasteiger partial charge in [-0.25, -0.2) is 4.68 Å². The van der Waals surface area contributed by atoms with Gasteiger partial charge in [-0.1, -0.05) is 6.07 Å². The van der Waals surface area contributed by atoms with Crippen molar-refractivity contribution in [1.29, 1.82) is 0 Å². The predicted octanol–water partition coefficient (Wildman–Crippen LogP) is -0.0854. The molecule has 0 radical (unpaired) electrons. The molecule has 1 saturated heterocycles. The lowest BCUT2D eigenvalue weighted by molar-refractivity contribution is 0.0765. The molecule has 3 amide bonds. The molecule has 2 aromatic heterocycles. The Hall–Kier alpha value is -3.92. The number of hydrogen-bond acceptors (Lipinski definition) is 5. The third-order valence-corrected chi connectivity index (χ3v) is 4.97. The van der Waals surface area contributed by atoms with Crippen LogP contribution in [0.2, 0.25) is 0 Å². The monoisotopic (exact) mass is 408 g/mol. The minimum absolute atomic E-state index is 0.0637. The number of nitrogens with zero attached hydrogens (tertiary/aromatic N) is 3. The van der Waals surface area contributed by atoms with Gasteiger partial charge in [-0.3, -0.25) is 14.4 Å². The van der Waals surface area contributed by atoms with E-state index < -0.39 is 18.1 Å². The summed E-state index contributed by atoms with van der Waals surface area (Å²) in [4.78, 5) is 40.6. The molecule has 154 valence electrons. The third kappa shape index (κ3) is 3.80. The smallest absolute Gasteiger partial charge is 0.265 e. The Morgan fingerprint density at radius 3 is 2.70 bits per heavy atom. The van der Waals surface area contributed by atoms with E-state index >= 15 is 0 Å². The fourth-order valence-electron chi connectivity index (χ4n) is 3.40. The zero-order valence-electron chi connectivity index (χ0n) is 15.9. The van der Waals surface area contributed by atoms with Crippen LogP contribution in [0.3, 0.4) is 0 Å². The zero-order chi connectivity index (χ0) is 21.3. The number of carbonyl (C=O) groups excluding carboxylic acids is 3. The Labute approximate surface area is 171 Å². The van der Waals surface area contributed by atoms with Crippen molar-refractivity contribution in [2.24, 2.45) is 5.73 Å². The van der Waals surface area contributed by atoms with Gasteiger partial charge >= 0.3 is 0 Å². The third-order valence-electron chi connectivity index (χ3n) is 4.97. The van der Waals surface area contributed by atoms with Crippen molar-refractivity contribution in [3.63, 3.8) is 0 Å². The largest absolute Gasteiger partial charge is 0.389 e. The first-order chi connectivity index (χ1) is 14.4. The maximum atomic E-state index is 12.7. The summed E-state index contributed by atoms with van der Waals surface area (Å²) in [5.74, 6) is -1.40. The second-order valence-electron chi connectivity index (χ2n) is 7.02. The summed E-state index contributed by atoms with van der Waals surface area (Å²) in [6, 6.07) is 9.45. The lowest BCUT2D eigenvalue weighted by Gasteiger charge is -2.17. The second kappa shape index (κ2) is 7.84. The number of nitrogens with two attached hydrogens (primary N) is 1. The number of benzene rings is 1. The number of H-pyrrole nitrogens is 1. The number of rotatable bonds is 5. The van der Waals surface area contributed by atoms with Crippen LogP contribution in [-0.2, 0) is 0 Å². The molecule has 30 heavy (non-hydrogen) atoms. The molecule has 1 fully saturated rings. The summed E-state index contributed by atoms with van der Waals surface area (Å²) in [6.45, 7) is 0.204. The number of nitrogens with one attached hydrogen (secondary N) is 2. The molecule has 10 nitrogen and oxygen atoms in total. The Kier molecular flexibility index (Phi) is 5.07. The molecule has 0 bridgehead atoms. The lowest BCUT2D eigenvalue weighted by Crippen LogP contribution is -2.43. The highest BCUT2D eigenvalue weighted by Gasteiger charge is 2.35. The number of carbonyl (C=O) groups is 3. The van der Waals surface area contributed by atoms with E-state index in [-0.39, 0.29) is 36.2 Å². The van der Waals surface area contributed by atoms with Crippen molar-refractivity contribution in [2.45, 2.75) is 12.1 Å². The summed E-state index contributed by atoms with van der Waals surface area (Å²) in [6.07, 6.45) is 3.89. The quantitative estimate of drug-likeness (QED) is 0.466. The molecule has 4 rings (SSSR count). The van der Waals surface area contributed by atoms with Crippen LogP contribution >= 0.6 is 0 Å². The van der Waals surface area contributed by atoms with E-state index in [9.17, 15) is 19.5 Å². The fraction of sp³-hybridized carbons (Fsp3) is 0.200. The number of aromatic amines is 1. The van der Waals surface area contributed by atoms with Crippen molar-refractivity contribution in [3.05, 3.63) is 71.8 Å². The normalized spacial score (nSPS) is 18.4. The molecule has 3 heterocycles. The average Bonchev–Trinajstić information content (AvgIpc) is 3.49. The number of aromatic nitrogens is 3. The van der Waals surface area contributed by atoms with Gasteiger partial charge in [0.05, 0.1) is 23.4 Å². The number of primary amides is 1. The predicted molar refractivity (Wildman–Crippen MR) is 106 cm³/mol. The van der Waals surface area contributed by atoms with Gasteiger partial charge in [0.15, 0.2) is 0 Å². The minimum atomic E-state index is -0.915. The summed E-state index contributed by atoms with van der Waals surface area (Å²) in [5, 5.41) is 17.3. The number of hydrogen-bond donors (Lipinski definition) is 4. The van der Waals surface area contributed by atoms with Crippen LogP contribution in [0, 0.1) is 0 Å². The van der Waals surface area contributed by atoms with Gasteiger partial charge in [-0.05, 0) is 30.3 Å². The maximum absolute atomic E-state index is 12.7. The van der Waals surface area contributed by atoms with E-state index in [1.54, 1.807) is 41.3 Å². The summed E-state index contributed by atoms with van der Waals surface area (Å²) in [7, 11) is 0. The fourth-order valence-corrected chi connectivity index (χ4v) is 3.40. The van der Waals surface area contributed by atoms with E-state index in [1.807, 2.05) is 6.07 Å². The molecule has 2 atom stereocenters. The second-order valence-corrected chi connectivity index (χ2v) is 7.02. The number of likely N-dealkylation sites (tertiary alicyclic amines) is 1. The van der Waals surface area contributed by atoms with Gasteiger partial charge in [-0.2, -0.15) is 5.10 Å². The van der Waals surface area contributed by atoms with Crippen molar-refractivity contribution in [1.82, 2.24) is 25.0 Å². The van der Waals surface area contributed by atoms with Gasteiger partial charge in [0.2, 0.25) is 0 Å². The first-order valence-corrected chi connectivity index (χ1v) is 9.29. The maximum Gasteiger partial charge on any atom is 0.265 e. The van der Waals surface area contributed by atoms with Crippen molar-refractivity contribution in [3.8, 4) is 5.69 Å². The van der Waals surface area contributed by atoms with Gasteiger partial charge < -0.3 is 26.0 Å². The van der Waals surface area contributed by atoms with Gasteiger partial charge in [-0.15, -0.1) is 0 Å². The lowest BCUT2D eigenvalue weighted by atomic mass is 10.1. The van der Waals surface area contributed by atoms with Crippen LogP contribution in [-0.4, -0.2) is 67.7 Å². The molecule has 10 heteroatoms. The molecule has 3 aromatic rings. The Morgan fingerprint density at radius 2 is 2.00 bits per heavy atom. The number of aliphatic hydroxyl groups is 1. The topological polar surface area (TPSA) is 146 Å². The summed E-state index contributed by atoms with van der Waals surface area (Å²) >= 11 is 0. The highest BCUT2D eigenvalue weighted by Crippen LogP contribution is 2.16. The average molecular weight is 408 g/mol. The van der Waals surface area contributed by atoms with E-state index in [0.717, 1.165) is 5.69 Å². The first-order valence-electron chi connectivity index (χ1n) is 9.29. The van der Waals surface area contributed by atoms with Crippen LogP contribution in [0.1, 0.15) is 31.2 Å². The Morgan fingerprint density at radius 1 is 1.17 bits per heavy atom. The molecular weight excluding hydrogens is 388 g/mol. The van der Waals surface area contributed by atoms with E-state index in [4.69, 9.17) is 5.73 Å². The molecule has 5 N–H and O–H groups in total. The van der Waals surface area contributed by atoms with Crippen molar-refractivity contribution >= 4 is 17.7 Å². The minimum Gasteiger partial charge on any atom is -0.389 e. The SMILES string of the molecule is NC(=O)c1cc(C(=O)N2C[C@@H](O)[C@H](NC(=O)c3cccc(-n4cccn4)c3)C2)c[nH]1. The number of aliphatic hydroxyl groups excluding tert-OH is 1. The van der Waals surface area contributed by atoms with E-state index in [1.165, 1.54) is 17.2 Å². The highest BCUT2D eigenvalue weighted by atomic mass is 16.3. The van der Waals surface area contributed by atoms with Gasteiger partial charge in [0.1, 0.15) is 5.69 Å². The molecule has 1 aliphatic heterocycles. The van der Waals surface area contributed by atoms with Crippen LogP contribution in [0.15, 0.2) is 55.0 Å². The van der Waals surface area contributed by atoms with Crippen molar-refractivity contribution in [2.75, 3.05) is 13.1 Å². The molecular formula is C20H20N6O4. The van der Waals surface area contributed by atoms with Crippen LogP contribution < -0.4 is 11.1 Å². The first kappa shape index (κ1) is 19.4. The zero-order valence-corrected chi connectivity index (χ0v) is 15.9. The molecule has 0 saturated carbocycles. The molecule has 0 spiro atoms. The van der Waals surface area contributed by atoms with Crippen LogP contribution in [0.5, 0.6) is 0 Å².